The minimum Gasteiger partial charge on any atom is -0.309 e. The van der Waals surface area contributed by atoms with Crippen molar-refractivity contribution in [3.63, 3.8) is 0 Å². The maximum atomic E-state index is 9.97. The number of nitriles is 4. The van der Waals surface area contributed by atoms with Gasteiger partial charge in [0.25, 0.3) is 0 Å². The first-order valence-electron chi connectivity index (χ1n) is 23.3. The number of aromatic nitrogens is 4. The molecule has 0 bridgehead atoms. The summed E-state index contributed by atoms with van der Waals surface area (Å²) < 4.78 is 4.42. The van der Waals surface area contributed by atoms with Gasteiger partial charge in [-0.15, -0.1) is 0 Å². The molecule has 4 aromatic heterocycles. The number of hydrogen-bond acceptors (Lipinski definition) is 6. The Morgan fingerprint density at radius 1 is 0.292 bits per heavy atom. The third-order valence-electron chi connectivity index (χ3n) is 13.9. The summed E-state index contributed by atoms with van der Waals surface area (Å²) in [4.78, 5) is 10.5. The summed E-state index contributed by atoms with van der Waals surface area (Å²) in [6, 6.07) is 74.1. The van der Waals surface area contributed by atoms with Crippen LogP contribution in [0.3, 0.4) is 0 Å². The summed E-state index contributed by atoms with van der Waals surface area (Å²) in [6.45, 7) is 0. The Bertz CT molecular complexity index is 4140. The van der Waals surface area contributed by atoms with Gasteiger partial charge in [0.15, 0.2) is 0 Å². The van der Waals surface area contributed by atoms with Crippen LogP contribution in [0.4, 0.5) is 0 Å². The third-order valence-corrected chi connectivity index (χ3v) is 13.9. The van der Waals surface area contributed by atoms with Gasteiger partial charge in [-0.2, -0.15) is 21.0 Å². The van der Waals surface area contributed by atoms with Crippen molar-refractivity contribution in [2.24, 2.45) is 0 Å². The van der Waals surface area contributed by atoms with Gasteiger partial charge in [0.2, 0.25) is 0 Å². The van der Waals surface area contributed by atoms with Crippen LogP contribution in [0.25, 0.3) is 121 Å². The van der Waals surface area contributed by atoms with E-state index in [1.165, 1.54) is 0 Å². The Balaban J connectivity index is 1.14. The number of fused-ring (bicyclic) bond motifs is 8. The van der Waals surface area contributed by atoms with Gasteiger partial charge in [-0.1, -0.05) is 84.9 Å². The van der Waals surface area contributed by atoms with Crippen molar-refractivity contribution in [1.29, 1.82) is 21.0 Å². The van der Waals surface area contributed by atoms with Crippen LogP contribution in [0.2, 0.25) is 0 Å². The van der Waals surface area contributed by atoms with Crippen LogP contribution in [-0.4, -0.2) is 19.1 Å². The van der Waals surface area contributed by atoms with Crippen molar-refractivity contribution >= 4 is 65.2 Å². The summed E-state index contributed by atoms with van der Waals surface area (Å²) in [6.07, 6.45) is 3.88. The van der Waals surface area contributed by atoms with Crippen LogP contribution in [0.15, 0.2) is 207 Å². The van der Waals surface area contributed by atoms with E-state index in [2.05, 4.69) is 118 Å². The lowest BCUT2D eigenvalue weighted by molar-refractivity contribution is 1.18. The van der Waals surface area contributed by atoms with Crippen molar-refractivity contribution in [3.8, 4) is 80.4 Å². The highest BCUT2D eigenvalue weighted by Crippen LogP contribution is 2.46. The van der Waals surface area contributed by atoms with Crippen LogP contribution >= 0.6 is 0 Å². The van der Waals surface area contributed by atoms with Crippen molar-refractivity contribution < 1.29 is 0 Å². The average Bonchev–Trinajstić information content (AvgIpc) is 3.95. The zero-order valence-corrected chi connectivity index (χ0v) is 38.2. The van der Waals surface area contributed by atoms with E-state index >= 15 is 0 Å². The van der Waals surface area contributed by atoms with Crippen LogP contribution < -0.4 is 0 Å². The molecule has 0 aliphatic carbocycles. The summed E-state index contributed by atoms with van der Waals surface area (Å²) >= 11 is 0. The lowest BCUT2D eigenvalue weighted by Crippen LogP contribution is -1.99. The Morgan fingerprint density at radius 2 is 0.639 bits per heavy atom. The Morgan fingerprint density at radius 3 is 0.944 bits per heavy atom. The number of hydrogen-bond donors (Lipinski definition) is 0. The van der Waals surface area contributed by atoms with Gasteiger partial charge in [-0.3, -0.25) is 9.97 Å². The van der Waals surface area contributed by atoms with Gasteiger partial charge in [-0.25, -0.2) is 0 Å². The van der Waals surface area contributed by atoms with E-state index in [0.29, 0.717) is 22.3 Å². The Hall–Kier alpha value is -10.6. The SMILES string of the molecule is N#Cc1ccc2c(c1)c1cc(C#N)ccc1n2-c1ccc2c(-c3ccc(-c4ccccc4)cn3)c3cc(-n4c5ccc(C#N)cc5c5cc(C#N)ccc54)ccc3c(-c3ccc(-c4ccccc4)cn3)c2c1. The van der Waals surface area contributed by atoms with E-state index in [1.54, 1.807) is 0 Å². The van der Waals surface area contributed by atoms with Crippen molar-refractivity contribution in [2.75, 3.05) is 0 Å². The molecule has 8 heteroatoms. The maximum absolute atomic E-state index is 9.97. The Labute approximate surface area is 412 Å². The molecule has 0 saturated heterocycles. The average molecular weight is 915 g/mol. The van der Waals surface area contributed by atoms with E-state index in [9.17, 15) is 21.0 Å². The standard InChI is InChI=1S/C64H34N8/c65-33-39-11-23-59-51(27-39)52-28-40(34-66)12-24-60(52)71(59)47-18-20-50-55(31-47)63(57-21-15-45(37-69-57)43-7-3-1-4-8-43)49-19-17-48(32-56(49)64(50)58-22-16-46(38-70-58)44-9-5-2-6-10-44)72-61-25-13-41(35-67)29-53(61)54-30-42(36-68)14-26-62(54)72/h1-32,37-38H. The van der Waals surface area contributed by atoms with Crippen LogP contribution in [0.1, 0.15) is 22.3 Å². The first-order valence-corrected chi connectivity index (χ1v) is 23.3. The van der Waals surface area contributed by atoms with Crippen molar-refractivity contribution in [2.45, 2.75) is 0 Å². The zero-order chi connectivity index (χ0) is 48.5. The normalized spacial score (nSPS) is 11.3. The first-order chi connectivity index (χ1) is 35.5. The van der Waals surface area contributed by atoms with Crippen LogP contribution in [0, 0.1) is 45.3 Å². The molecule has 0 aliphatic rings. The zero-order valence-electron chi connectivity index (χ0n) is 38.2. The largest absolute Gasteiger partial charge is 0.309 e. The van der Waals surface area contributed by atoms with Gasteiger partial charge in [0, 0.05) is 67.6 Å². The smallest absolute Gasteiger partial charge is 0.0991 e. The molecular formula is C64H34N8. The van der Waals surface area contributed by atoms with Crippen LogP contribution in [-0.2, 0) is 0 Å². The highest BCUT2D eigenvalue weighted by molar-refractivity contribution is 6.22. The van der Waals surface area contributed by atoms with E-state index in [4.69, 9.17) is 9.97 Å². The highest BCUT2D eigenvalue weighted by atomic mass is 15.0. The molecule has 0 amide bonds. The van der Waals surface area contributed by atoms with E-state index in [-0.39, 0.29) is 0 Å². The number of benzene rings is 9. The molecule has 9 aromatic carbocycles. The number of rotatable bonds is 6. The fourth-order valence-corrected chi connectivity index (χ4v) is 10.6. The summed E-state index contributed by atoms with van der Waals surface area (Å²) in [5.74, 6) is 0. The van der Waals surface area contributed by atoms with E-state index < -0.39 is 0 Å². The number of nitrogens with zero attached hydrogens (tertiary/aromatic N) is 8. The number of pyridine rings is 2. The molecule has 0 unspecified atom stereocenters. The minimum atomic E-state index is 0.538. The minimum absolute atomic E-state index is 0.538. The van der Waals surface area contributed by atoms with Crippen LogP contribution in [0.5, 0.6) is 0 Å². The molecule has 330 valence electrons. The second-order valence-electron chi connectivity index (χ2n) is 17.9. The molecule has 0 fully saturated rings. The van der Waals surface area contributed by atoms with Crippen molar-refractivity contribution in [3.05, 3.63) is 229 Å². The molecule has 0 spiro atoms. The maximum Gasteiger partial charge on any atom is 0.0991 e. The quantitative estimate of drug-likeness (QED) is 0.153. The third kappa shape index (κ3) is 6.57. The fraction of sp³-hybridized carbons (Fsp3) is 0. The molecule has 0 N–H and O–H groups in total. The van der Waals surface area contributed by atoms with Gasteiger partial charge < -0.3 is 9.13 Å². The second-order valence-corrected chi connectivity index (χ2v) is 17.9. The fourth-order valence-electron chi connectivity index (χ4n) is 10.6. The lowest BCUT2D eigenvalue weighted by atomic mass is 9.87. The molecule has 0 atom stereocenters. The topological polar surface area (TPSA) is 131 Å². The molecule has 13 aromatic rings. The summed E-state index contributed by atoms with van der Waals surface area (Å²) in [5, 5.41) is 47.3. The van der Waals surface area contributed by atoms with Gasteiger partial charge in [-0.05, 0) is 142 Å². The molecule has 72 heavy (non-hydrogen) atoms. The molecule has 8 nitrogen and oxygen atoms in total. The predicted molar refractivity (Wildman–Crippen MR) is 286 cm³/mol. The highest BCUT2D eigenvalue weighted by Gasteiger charge is 2.23. The van der Waals surface area contributed by atoms with E-state index in [1.807, 2.05) is 122 Å². The van der Waals surface area contributed by atoms with Gasteiger partial charge in [0.1, 0.15) is 0 Å². The molecule has 0 radical (unpaired) electrons. The second kappa shape index (κ2) is 16.6. The molecule has 13 rings (SSSR count). The predicted octanol–water partition coefficient (Wildman–Crippen LogP) is 15.1. The van der Waals surface area contributed by atoms with Gasteiger partial charge in [0.05, 0.1) is 80.0 Å². The molecule has 4 heterocycles. The molecule has 0 aliphatic heterocycles. The molecular weight excluding hydrogens is 881 g/mol. The van der Waals surface area contributed by atoms with Crippen molar-refractivity contribution in [1.82, 2.24) is 19.1 Å². The first kappa shape index (κ1) is 41.5. The summed E-state index contributed by atoms with van der Waals surface area (Å²) in [7, 11) is 0. The summed E-state index contributed by atoms with van der Waals surface area (Å²) in [5.41, 5.74) is 15.2. The van der Waals surface area contributed by atoms with E-state index in [0.717, 1.165) is 121 Å². The molecule has 0 saturated carbocycles. The Kier molecular flexibility index (Phi) is 9.55. The monoisotopic (exact) mass is 914 g/mol. The van der Waals surface area contributed by atoms with Gasteiger partial charge >= 0.3 is 0 Å². The lowest BCUT2D eigenvalue weighted by Gasteiger charge is -2.20.